The lowest BCUT2D eigenvalue weighted by molar-refractivity contribution is -0.134. The van der Waals surface area contributed by atoms with Crippen molar-refractivity contribution in [2.24, 2.45) is 11.7 Å². The van der Waals surface area contributed by atoms with Gasteiger partial charge in [-0.2, -0.15) is 0 Å². The molecule has 0 spiro atoms. The highest BCUT2D eigenvalue weighted by Gasteiger charge is 2.29. The summed E-state index contributed by atoms with van der Waals surface area (Å²) in [6, 6.07) is 0.210. The molecule has 2 rings (SSSR count). The van der Waals surface area contributed by atoms with Gasteiger partial charge in [-0.3, -0.25) is 14.5 Å². The molecule has 1 aliphatic carbocycles. The van der Waals surface area contributed by atoms with E-state index in [1.807, 2.05) is 4.90 Å². The standard InChI is InChI=1S/C16H30N4O2/c1-18(2)15(21)6-7-19-8-10-20(11-9-19)16(22)12-13-4-3-5-14(13)17/h13-14H,3-12,17H2,1-2H3/t13-,14+/m0/s1. The lowest BCUT2D eigenvalue weighted by atomic mass is 9.99. The summed E-state index contributed by atoms with van der Waals surface area (Å²) in [6.45, 7) is 4.06. The summed E-state index contributed by atoms with van der Waals surface area (Å²) >= 11 is 0. The van der Waals surface area contributed by atoms with Crippen molar-refractivity contribution in [3.8, 4) is 0 Å². The van der Waals surface area contributed by atoms with Gasteiger partial charge in [0.15, 0.2) is 0 Å². The Kier molecular flexibility index (Phi) is 6.20. The lowest BCUT2D eigenvalue weighted by Crippen LogP contribution is -2.49. The Morgan fingerprint density at radius 1 is 1.14 bits per heavy atom. The van der Waals surface area contributed by atoms with Crippen LogP contribution in [0.2, 0.25) is 0 Å². The van der Waals surface area contributed by atoms with E-state index in [0.717, 1.165) is 52.0 Å². The Hall–Kier alpha value is -1.14. The molecule has 1 aliphatic heterocycles. The third-order valence-corrected chi connectivity index (χ3v) is 5.02. The van der Waals surface area contributed by atoms with E-state index in [0.29, 0.717) is 18.8 Å². The van der Waals surface area contributed by atoms with E-state index in [-0.39, 0.29) is 17.9 Å². The summed E-state index contributed by atoms with van der Waals surface area (Å²) in [5.41, 5.74) is 6.06. The quantitative estimate of drug-likeness (QED) is 0.783. The van der Waals surface area contributed by atoms with Crippen molar-refractivity contribution in [2.75, 3.05) is 46.8 Å². The number of nitrogens with two attached hydrogens (primary N) is 1. The number of piperazine rings is 1. The van der Waals surface area contributed by atoms with Gasteiger partial charge >= 0.3 is 0 Å². The second-order valence-electron chi connectivity index (χ2n) is 6.82. The van der Waals surface area contributed by atoms with E-state index in [1.54, 1.807) is 19.0 Å². The molecular weight excluding hydrogens is 280 g/mol. The molecule has 2 amide bonds. The molecule has 0 unspecified atom stereocenters. The normalized spacial score (nSPS) is 26.2. The smallest absolute Gasteiger partial charge is 0.223 e. The maximum Gasteiger partial charge on any atom is 0.223 e. The van der Waals surface area contributed by atoms with E-state index in [4.69, 9.17) is 5.73 Å². The highest BCUT2D eigenvalue weighted by atomic mass is 16.2. The molecule has 0 aromatic carbocycles. The van der Waals surface area contributed by atoms with Crippen molar-refractivity contribution in [3.63, 3.8) is 0 Å². The van der Waals surface area contributed by atoms with Crippen LogP contribution in [-0.2, 0) is 9.59 Å². The van der Waals surface area contributed by atoms with Gasteiger partial charge in [-0.25, -0.2) is 0 Å². The average molecular weight is 310 g/mol. The summed E-state index contributed by atoms with van der Waals surface area (Å²) in [5.74, 6) is 0.795. The lowest BCUT2D eigenvalue weighted by Gasteiger charge is -2.35. The summed E-state index contributed by atoms with van der Waals surface area (Å²) in [5, 5.41) is 0. The van der Waals surface area contributed by atoms with Crippen LogP contribution in [-0.4, -0.2) is 79.4 Å². The van der Waals surface area contributed by atoms with E-state index in [2.05, 4.69) is 4.90 Å². The minimum Gasteiger partial charge on any atom is -0.349 e. The van der Waals surface area contributed by atoms with Crippen molar-refractivity contribution in [1.29, 1.82) is 0 Å². The third kappa shape index (κ3) is 4.68. The Morgan fingerprint density at radius 3 is 2.36 bits per heavy atom. The first-order chi connectivity index (χ1) is 10.5. The van der Waals surface area contributed by atoms with Gasteiger partial charge < -0.3 is 15.5 Å². The molecule has 0 aromatic rings. The van der Waals surface area contributed by atoms with Gasteiger partial charge in [-0.1, -0.05) is 6.42 Å². The van der Waals surface area contributed by atoms with E-state index in [1.165, 1.54) is 0 Å². The van der Waals surface area contributed by atoms with Gasteiger partial charge in [-0.05, 0) is 18.8 Å². The number of hydrogen-bond acceptors (Lipinski definition) is 4. The molecule has 2 atom stereocenters. The fraction of sp³-hybridized carbons (Fsp3) is 0.875. The van der Waals surface area contributed by atoms with Crippen molar-refractivity contribution in [3.05, 3.63) is 0 Å². The highest BCUT2D eigenvalue weighted by Crippen LogP contribution is 2.27. The first-order valence-corrected chi connectivity index (χ1v) is 8.43. The maximum atomic E-state index is 12.4. The van der Waals surface area contributed by atoms with Crippen LogP contribution in [0.5, 0.6) is 0 Å². The molecule has 2 N–H and O–H groups in total. The number of carbonyl (C=O) groups excluding carboxylic acids is 2. The molecule has 1 saturated heterocycles. The highest BCUT2D eigenvalue weighted by molar-refractivity contribution is 5.77. The fourth-order valence-electron chi connectivity index (χ4n) is 3.37. The molecule has 0 radical (unpaired) electrons. The van der Waals surface area contributed by atoms with Gasteiger partial charge in [0.25, 0.3) is 0 Å². The summed E-state index contributed by atoms with van der Waals surface area (Å²) < 4.78 is 0. The molecular formula is C16H30N4O2. The molecule has 2 aliphatic rings. The Bertz CT molecular complexity index is 392. The minimum absolute atomic E-state index is 0.161. The van der Waals surface area contributed by atoms with Gasteiger partial charge in [0.05, 0.1) is 0 Å². The number of hydrogen-bond donors (Lipinski definition) is 1. The molecule has 22 heavy (non-hydrogen) atoms. The Labute approximate surface area is 133 Å². The molecule has 0 bridgehead atoms. The molecule has 126 valence electrons. The zero-order chi connectivity index (χ0) is 16.1. The summed E-state index contributed by atoms with van der Waals surface area (Å²) in [4.78, 5) is 29.8. The number of nitrogens with zero attached hydrogens (tertiary/aromatic N) is 3. The maximum absolute atomic E-state index is 12.4. The monoisotopic (exact) mass is 310 g/mol. The predicted octanol–water partition coefficient (Wildman–Crippen LogP) is 0.126. The minimum atomic E-state index is 0.161. The van der Waals surface area contributed by atoms with Crippen LogP contribution in [0.4, 0.5) is 0 Å². The topological polar surface area (TPSA) is 69.9 Å². The van der Waals surface area contributed by atoms with Crippen LogP contribution in [0.3, 0.4) is 0 Å². The first kappa shape index (κ1) is 17.2. The summed E-state index contributed by atoms with van der Waals surface area (Å²) in [7, 11) is 3.57. The summed E-state index contributed by atoms with van der Waals surface area (Å²) in [6.07, 6.45) is 4.48. The zero-order valence-corrected chi connectivity index (χ0v) is 14.0. The third-order valence-electron chi connectivity index (χ3n) is 5.02. The van der Waals surface area contributed by atoms with Crippen LogP contribution < -0.4 is 5.73 Å². The molecule has 1 saturated carbocycles. The largest absolute Gasteiger partial charge is 0.349 e. The molecule has 6 nitrogen and oxygen atoms in total. The SMILES string of the molecule is CN(C)C(=O)CCN1CCN(C(=O)C[C@@H]2CCC[C@H]2N)CC1. The van der Waals surface area contributed by atoms with Crippen molar-refractivity contribution >= 4 is 11.8 Å². The number of rotatable bonds is 5. The Morgan fingerprint density at radius 2 is 1.82 bits per heavy atom. The van der Waals surface area contributed by atoms with Gasteiger partial charge in [-0.15, -0.1) is 0 Å². The Balaban J connectivity index is 1.68. The van der Waals surface area contributed by atoms with Crippen molar-refractivity contribution in [1.82, 2.24) is 14.7 Å². The predicted molar refractivity (Wildman–Crippen MR) is 86.3 cm³/mol. The molecule has 6 heteroatoms. The molecule has 1 heterocycles. The van der Waals surface area contributed by atoms with E-state index < -0.39 is 0 Å². The molecule has 0 aromatic heterocycles. The van der Waals surface area contributed by atoms with Gasteiger partial charge in [0.1, 0.15) is 0 Å². The van der Waals surface area contributed by atoms with Crippen LogP contribution >= 0.6 is 0 Å². The van der Waals surface area contributed by atoms with Gasteiger partial charge in [0, 0.05) is 65.7 Å². The first-order valence-electron chi connectivity index (χ1n) is 8.43. The van der Waals surface area contributed by atoms with Crippen molar-refractivity contribution in [2.45, 2.75) is 38.1 Å². The zero-order valence-electron chi connectivity index (χ0n) is 14.0. The molecule has 2 fully saturated rings. The number of amides is 2. The van der Waals surface area contributed by atoms with Crippen LogP contribution in [0.15, 0.2) is 0 Å². The average Bonchev–Trinajstić information content (AvgIpc) is 2.90. The number of carbonyl (C=O) groups is 2. The van der Waals surface area contributed by atoms with E-state index >= 15 is 0 Å². The second kappa shape index (κ2) is 7.92. The van der Waals surface area contributed by atoms with Crippen molar-refractivity contribution < 1.29 is 9.59 Å². The van der Waals surface area contributed by atoms with Gasteiger partial charge in [0.2, 0.25) is 11.8 Å². The van der Waals surface area contributed by atoms with E-state index in [9.17, 15) is 9.59 Å². The van der Waals surface area contributed by atoms with Crippen LogP contribution in [0.25, 0.3) is 0 Å². The second-order valence-corrected chi connectivity index (χ2v) is 6.82. The van der Waals surface area contributed by atoms with Crippen LogP contribution in [0.1, 0.15) is 32.1 Å². The fourth-order valence-corrected chi connectivity index (χ4v) is 3.37. The van der Waals surface area contributed by atoms with Crippen LogP contribution in [0, 0.1) is 5.92 Å².